The molecule has 0 spiro atoms. The molecular weight excluding hydrogens is 444 g/mol. The Kier molecular flexibility index (Phi) is 7.60. The van der Waals surface area contributed by atoms with Crippen LogP contribution >= 0.6 is 0 Å². The van der Waals surface area contributed by atoms with Gasteiger partial charge in [0.05, 0.1) is 19.4 Å². The summed E-state index contributed by atoms with van der Waals surface area (Å²) in [6.45, 7) is 10.6. The number of fused-ring (bicyclic) bond motifs is 1. The van der Waals surface area contributed by atoms with Gasteiger partial charge in [0, 0.05) is 55.7 Å². The van der Waals surface area contributed by atoms with Crippen LogP contribution in [0.2, 0.25) is 0 Å². The van der Waals surface area contributed by atoms with Crippen molar-refractivity contribution >= 4 is 34.2 Å². The molecule has 1 fully saturated rings. The fraction of sp³-hybridized carbons (Fsp3) is 0.407. The second kappa shape index (κ2) is 10.8. The van der Waals surface area contributed by atoms with Crippen LogP contribution in [0.1, 0.15) is 35.0 Å². The molecule has 1 saturated heterocycles. The lowest BCUT2D eigenvalue weighted by Gasteiger charge is -2.37. The Bertz CT molecular complexity index is 1210. The minimum atomic E-state index is -0.500. The Hall–Kier alpha value is -3.52. The maximum absolute atomic E-state index is 12.9. The SMILES string of the molecule is CCOC(=O)c1[nH]c2ccc(OC)cc2c1NC(=O)CCN1CCN(c2cccc(C)c2C)CC1. The van der Waals surface area contributed by atoms with E-state index in [0.717, 1.165) is 31.7 Å². The van der Waals surface area contributed by atoms with Gasteiger partial charge in [0.25, 0.3) is 0 Å². The first-order valence-electron chi connectivity index (χ1n) is 12.1. The first-order chi connectivity index (χ1) is 16.9. The van der Waals surface area contributed by atoms with Crippen molar-refractivity contribution in [3.8, 4) is 5.75 Å². The average Bonchev–Trinajstić information content (AvgIpc) is 3.22. The van der Waals surface area contributed by atoms with Crippen LogP contribution < -0.4 is 15.0 Å². The summed E-state index contributed by atoms with van der Waals surface area (Å²) in [4.78, 5) is 33.2. The van der Waals surface area contributed by atoms with E-state index in [1.165, 1.54) is 16.8 Å². The number of H-pyrrole nitrogens is 1. The van der Waals surface area contributed by atoms with Gasteiger partial charge < -0.3 is 24.7 Å². The van der Waals surface area contributed by atoms with Gasteiger partial charge in [-0.05, 0) is 56.2 Å². The Labute approximate surface area is 206 Å². The zero-order chi connectivity index (χ0) is 24.9. The maximum atomic E-state index is 12.9. The third-order valence-corrected chi connectivity index (χ3v) is 6.69. The van der Waals surface area contributed by atoms with E-state index in [0.29, 0.717) is 29.8 Å². The number of amides is 1. The summed E-state index contributed by atoms with van der Waals surface area (Å²) in [5.74, 6) is 0.000817. The molecule has 8 heteroatoms. The monoisotopic (exact) mass is 478 g/mol. The van der Waals surface area contributed by atoms with E-state index in [-0.39, 0.29) is 18.2 Å². The van der Waals surface area contributed by atoms with Gasteiger partial charge in [0.15, 0.2) is 0 Å². The molecule has 1 aromatic heterocycles. The summed E-state index contributed by atoms with van der Waals surface area (Å²) >= 11 is 0. The topological polar surface area (TPSA) is 86.9 Å². The molecule has 2 N–H and O–H groups in total. The minimum Gasteiger partial charge on any atom is -0.497 e. The van der Waals surface area contributed by atoms with Gasteiger partial charge in [-0.15, -0.1) is 0 Å². The van der Waals surface area contributed by atoms with E-state index < -0.39 is 5.97 Å². The number of rotatable bonds is 8. The average molecular weight is 479 g/mol. The molecule has 0 unspecified atom stereocenters. The Morgan fingerprint density at radius 3 is 2.57 bits per heavy atom. The molecule has 0 aliphatic carbocycles. The van der Waals surface area contributed by atoms with Crippen molar-refractivity contribution in [3.63, 3.8) is 0 Å². The molecule has 2 aromatic carbocycles. The van der Waals surface area contributed by atoms with Crippen molar-refractivity contribution in [1.82, 2.24) is 9.88 Å². The maximum Gasteiger partial charge on any atom is 0.356 e. The smallest absolute Gasteiger partial charge is 0.356 e. The van der Waals surface area contributed by atoms with Crippen molar-refractivity contribution < 1.29 is 19.1 Å². The van der Waals surface area contributed by atoms with Gasteiger partial charge in [-0.2, -0.15) is 0 Å². The molecule has 0 radical (unpaired) electrons. The number of carbonyl (C=O) groups is 2. The molecular formula is C27H34N4O4. The number of esters is 1. The Balaban J connectivity index is 1.39. The normalized spacial score (nSPS) is 14.2. The number of anilines is 2. The fourth-order valence-electron chi connectivity index (χ4n) is 4.54. The quantitative estimate of drug-likeness (QED) is 0.474. The van der Waals surface area contributed by atoms with E-state index in [4.69, 9.17) is 9.47 Å². The second-order valence-corrected chi connectivity index (χ2v) is 8.85. The molecule has 1 amide bonds. The van der Waals surface area contributed by atoms with Crippen molar-refractivity contribution in [2.45, 2.75) is 27.2 Å². The minimum absolute atomic E-state index is 0.142. The number of aromatic amines is 1. The molecule has 0 bridgehead atoms. The number of hydrogen-bond acceptors (Lipinski definition) is 6. The van der Waals surface area contributed by atoms with Crippen LogP contribution in [-0.2, 0) is 9.53 Å². The number of nitrogens with one attached hydrogen (secondary N) is 2. The van der Waals surface area contributed by atoms with Crippen molar-refractivity contribution in [2.24, 2.45) is 0 Å². The lowest BCUT2D eigenvalue weighted by molar-refractivity contribution is -0.116. The number of aromatic nitrogens is 1. The highest BCUT2D eigenvalue weighted by molar-refractivity contribution is 6.11. The lowest BCUT2D eigenvalue weighted by atomic mass is 10.1. The summed E-state index contributed by atoms with van der Waals surface area (Å²) in [7, 11) is 1.58. The number of methoxy groups -OCH3 is 1. The predicted octanol–water partition coefficient (Wildman–Crippen LogP) is 4.12. The molecule has 0 saturated carbocycles. The molecule has 0 atom stereocenters. The van der Waals surface area contributed by atoms with Crippen LogP contribution in [0, 0.1) is 13.8 Å². The summed E-state index contributed by atoms with van der Waals surface area (Å²) in [5, 5.41) is 3.66. The summed E-state index contributed by atoms with van der Waals surface area (Å²) < 4.78 is 10.5. The van der Waals surface area contributed by atoms with Gasteiger partial charge in [0.1, 0.15) is 11.4 Å². The molecule has 2 heterocycles. The van der Waals surface area contributed by atoms with Crippen molar-refractivity contribution in [1.29, 1.82) is 0 Å². The van der Waals surface area contributed by atoms with Crippen LogP contribution in [0.5, 0.6) is 5.75 Å². The summed E-state index contributed by atoms with van der Waals surface area (Å²) in [6.07, 6.45) is 0.336. The highest BCUT2D eigenvalue weighted by atomic mass is 16.5. The molecule has 3 aromatic rings. The Morgan fingerprint density at radius 1 is 1.09 bits per heavy atom. The molecule has 35 heavy (non-hydrogen) atoms. The predicted molar refractivity (Wildman–Crippen MR) is 139 cm³/mol. The van der Waals surface area contributed by atoms with Gasteiger partial charge >= 0.3 is 5.97 Å². The zero-order valence-corrected chi connectivity index (χ0v) is 20.9. The summed E-state index contributed by atoms with van der Waals surface area (Å²) in [6, 6.07) is 11.9. The van der Waals surface area contributed by atoms with E-state index >= 15 is 0 Å². The van der Waals surface area contributed by atoms with Crippen LogP contribution in [0.3, 0.4) is 0 Å². The number of hydrogen-bond donors (Lipinski definition) is 2. The summed E-state index contributed by atoms with van der Waals surface area (Å²) in [5.41, 5.74) is 5.33. The van der Waals surface area contributed by atoms with E-state index in [1.54, 1.807) is 26.2 Å². The third-order valence-electron chi connectivity index (χ3n) is 6.69. The van der Waals surface area contributed by atoms with Crippen LogP contribution in [0.4, 0.5) is 11.4 Å². The lowest BCUT2D eigenvalue weighted by Crippen LogP contribution is -2.47. The molecule has 1 aliphatic heterocycles. The third kappa shape index (κ3) is 5.43. The highest BCUT2D eigenvalue weighted by Crippen LogP contribution is 2.31. The molecule has 1 aliphatic rings. The number of aryl methyl sites for hydroxylation is 1. The standard InChI is InChI=1S/C27H34N4O4/c1-5-35-27(33)26-25(21-17-20(34-4)9-10-22(21)28-26)29-24(32)11-12-30-13-15-31(16-14-30)23-8-6-7-18(2)19(23)3/h6-10,17,28H,5,11-16H2,1-4H3,(H,29,32). The van der Waals surface area contributed by atoms with Gasteiger partial charge in [-0.1, -0.05) is 12.1 Å². The van der Waals surface area contributed by atoms with Gasteiger partial charge in [-0.3, -0.25) is 9.69 Å². The fourth-order valence-corrected chi connectivity index (χ4v) is 4.54. The molecule has 8 nitrogen and oxygen atoms in total. The largest absolute Gasteiger partial charge is 0.497 e. The number of benzene rings is 2. The second-order valence-electron chi connectivity index (χ2n) is 8.85. The van der Waals surface area contributed by atoms with Crippen LogP contribution in [0.15, 0.2) is 36.4 Å². The first kappa shape index (κ1) is 24.6. The number of piperazine rings is 1. The number of nitrogens with zero attached hydrogens (tertiary/aromatic N) is 2. The van der Waals surface area contributed by atoms with Crippen molar-refractivity contribution in [2.75, 3.05) is 56.7 Å². The van der Waals surface area contributed by atoms with E-state index in [9.17, 15) is 9.59 Å². The number of carbonyl (C=O) groups excluding carboxylic acids is 2. The molecule has 186 valence electrons. The highest BCUT2D eigenvalue weighted by Gasteiger charge is 2.23. The van der Waals surface area contributed by atoms with Crippen molar-refractivity contribution in [3.05, 3.63) is 53.2 Å². The Morgan fingerprint density at radius 2 is 1.86 bits per heavy atom. The van der Waals surface area contributed by atoms with Crippen LogP contribution in [-0.4, -0.2) is 68.2 Å². The number of ether oxygens (including phenoxy) is 2. The first-order valence-corrected chi connectivity index (χ1v) is 12.1. The van der Waals surface area contributed by atoms with E-state index in [2.05, 4.69) is 52.1 Å². The zero-order valence-electron chi connectivity index (χ0n) is 20.9. The van der Waals surface area contributed by atoms with Gasteiger partial charge in [-0.25, -0.2) is 4.79 Å². The van der Waals surface area contributed by atoms with Gasteiger partial charge in [0.2, 0.25) is 5.91 Å². The van der Waals surface area contributed by atoms with Crippen LogP contribution in [0.25, 0.3) is 10.9 Å². The van der Waals surface area contributed by atoms with E-state index in [1.807, 2.05) is 6.07 Å². The molecule has 4 rings (SSSR count).